The van der Waals surface area contributed by atoms with Gasteiger partial charge in [-0.05, 0) is 35.6 Å². The Balaban J connectivity index is 2.17. The summed E-state index contributed by atoms with van der Waals surface area (Å²) in [6.45, 7) is 6.65. The van der Waals surface area contributed by atoms with Gasteiger partial charge in [0.25, 0.3) is 0 Å². The van der Waals surface area contributed by atoms with Crippen LogP contribution in [0.5, 0.6) is 0 Å². The summed E-state index contributed by atoms with van der Waals surface area (Å²) >= 11 is 0. The minimum absolute atomic E-state index is 0.0113. The van der Waals surface area contributed by atoms with Crippen molar-refractivity contribution in [3.8, 4) is 0 Å². The van der Waals surface area contributed by atoms with Gasteiger partial charge in [0.1, 0.15) is 0 Å². The van der Waals surface area contributed by atoms with E-state index < -0.39 is 11.9 Å². The van der Waals surface area contributed by atoms with Crippen LogP contribution in [0.3, 0.4) is 0 Å². The fourth-order valence-corrected chi connectivity index (χ4v) is 3.35. The highest BCUT2D eigenvalue weighted by Crippen LogP contribution is 2.37. The fourth-order valence-electron chi connectivity index (χ4n) is 3.35. The topological polar surface area (TPSA) is 80.9 Å². The molecule has 1 fully saturated rings. The van der Waals surface area contributed by atoms with Crippen LogP contribution in [0.1, 0.15) is 65.1 Å². The molecular weight excluding hydrogens is 268 g/mol. The largest absolute Gasteiger partial charge is 0.481 e. The van der Waals surface area contributed by atoms with Gasteiger partial charge in [0.2, 0.25) is 0 Å². The van der Waals surface area contributed by atoms with Gasteiger partial charge >= 0.3 is 5.97 Å². The molecule has 1 aromatic rings. The molecule has 118 valence electrons. The van der Waals surface area contributed by atoms with Crippen LogP contribution in [0.15, 0.2) is 0 Å². The summed E-state index contributed by atoms with van der Waals surface area (Å²) in [5.41, 5.74) is -0.0113. The molecule has 1 unspecified atom stereocenters. The van der Waals surface area contributed by atoms with Gasteiger partial charge in [-0.1, -0.05) is 40.0 Å². The average Bonchev–Trinajstić information content (AvgIpc) is 2.87. The van der Waals surface area contributed by atoms with E-state index in [1.807, 2.05) is 13.8 Å². The van der Waals surface area contributed by atoms with E-state index in [0.717, 1.165) is 18.7 Å². The number of hydrogen-bond donors (Lipinski definition) is 1. The molecule has 0 spiro atoms. The third-order valence-electron chi connectivity index (χ3n) is 4.53. The second kappa shape index (κ2) is 6.54. The summed E-state index contributed by atoms with van der Waals surface area (Å²) in [5.74, 6) is 0.00638. The average molecular weight is 294 g/mol. The van der Waals surface area contributed by atoms with Gasteiger partial charge in [-0.3, -0.25) is 4.79 Å². The van der Waals surface area contributed by atoms with Crippen molar-refractivity contribution in [3.05, 3.63) is 5.82 Å². The summed E-state index contributed by atoms with van der Waals surface area (Å²) in [5, 5.41) is 21.5. The Morgan fingerprint density at radius 3 is 2.57 bits per heavy atom. The Labute approximate surface area is 125 Å². The third kappa shape index (κ3) is 3.80. The Morgan fingerprint density at radius 1 is 1.33 bits per heavy atom. The van der Waals surface area contributed by atoms with Gasteiger partial charge in [-0.15, -0.1) is 5.10 Å². The van der Waals surface area contributed by atoms with Crippen molar-refractivity contribution >= 4 is 5.97 Å². The molecule has 1 heterocycles. The van der Waals surface area contributed by atoms with Crippen molar-refractivity contribution in [2.24, 2.45) is 11.8 Å². The first kappa shape index (κ1) is 15.9. The summed E-state index contributed by atoms with van der Waals surface area (Å²) in [4.78, 5) is 11.4. The zero-order valence-corrected chi connectivity index (χ0v) is 13.2. The van der Waals surface area contributed by atoms with Crippen LogP contribution >= 0.6 is 0 Å². The number of carboxylic acid groups (broad SMARTS) is 1. The molecule has 2 rings (SSSR count). The first-order valence-electron chi connectivity index (χ1n) is 7.92. The highest BCUT2D eigenvalue weighted by Gasteiger charge is 2.35. The van der Waals surface area contributed by atoms with E-state index in [1.165, 1.54) is 19.3 Å². The Bertz CT molecular complexity index is 478. The minimum atomic E-state index is -0.765. The molecule has 0 aliphatic heterocycles. The molecule has 1 N–H and O–H groups in total. The fraction of sp³-hybridized carbons (Fsp3) is 0.867. The van der Waals surface area contributed by atoms with E-state index in [1.54, 1.807) is 4.68 Å². The smallest absolute Gasteiger partial charge is 0.308 e. The third-order valence-corrected chi connectivity index (χ3v) is 4.53. The molecule has 1 aliphatic carbocycles. The molecule has 0 radical (unpaired) electrons. The van der Waals surface area contributed by atoms with Gasteiger partial charge in [-0.25, -0.2) is 4.68 Å². The zero-order chi connectivity index (χ0) is 15.5. The molecule has 21 heavy (non-hydrogen) atoms. The second-order valence-corrected chi connectivity index (χ2v) is 6.97. The lowest BCUT2D eigenvalue weighted by Crippen LogP contribution is -2.32. The lowest BCUT2D eigenvalue weighted by molar-refractivity contribution is -0.142. The maximum absolute atomic E-state index is 11.4. The number of nitrogens with zero attached hydrogens (tertiary/aromatic N) is 4. The van der Waals surface area contributed by atoms with Gasteiger partial charge in [0.15, 0.2) is 5.82 Å². The number of aromatic nitrogens is 4. The predicted octanol–water partition coefficient (Wildman–Crippen LogP) is 2.64. The van der Waals surface area contributed by atoms with Crippen molar-refractivity contribution in [3.63, 3.8) is 0 Å². The molecule has 0 bridgehead atoms. The minimum Gasteiger partial charge on any atom is -0.481 e. The van der Waals surface area contributed by atoms with E-state index in [4.69, 9.17) is 0 Å². The normalized spacial score (nSPS) is 19.6. The van der Waals surface area contributed by atoms with Gasteiger partial charge < -0.3 is 5.11 Å². The monoisotopic (exact) mass is 294 g/mol. The van der Waals surface area contributed by atoms with E-state index >= 15 is 0 Å². The Kier molecular flexibility index (Phi) is 4.96. The SMILES string of the molecule is CC(C)CC(Cn1nnnc1C1(C)CCCCC1)C(=O)O. The number of aliphatic carboxylic acids is 1. The summed E-state index contributed by atoms with van der Waals surface area (Å²) in [7, 11) is 0. The number of rotatable bonds is 6. The predicted molar refractivity (Wildman–Crippen MR) is 78.8 cm³/mol. The number of tetrazole rings is 1. The van der Waals surface area contributed by atoms with Crippen LogP contribution in [0, 0.1) is 11.8 Å². The Morgan fingerprint density at radius 2 is 2.00 bits per heavy atom. The first-order chi connectivity index (χ1) is 9.92. The quantitative estimate of drug-likeness (QED) is 0.872. The molecule has 0 saturated heterocycles. The molecule has 1 aliphatic rings. The van der Waals surface area contributed by atoms with E-state index in [-0.39, 0.29) is 5.41 Å². The van der Waals surface area contributed by atoms with E-state index in [2.05, 4.69) is 22.4 Å². The van der Waals surface area contributed by atoms with Crippen LogP contribution in [0.25, 0.3) is 0 Å². The van der Waals surface area contributed by atoms with Crippen molar-refractivity contribution in [1.29, 1.82) is 0 Å². The molecule has 1 aromatic heterocycles. The highest BCUT2D eigenvalue weighted by molar-refractivity contribution is 5.69. The molecule has 0 aromatic carbocycles. The van der Waals surface area contributed by atoms with Crippen LogP contribution in [-0.2, 0) is 16.8 Å². The molecule has 6 heteroatoms. The van der Waals surface area contributed by atoms with E-state index in [0.29, 0.717) is 18.9 Å². The standard InChI is InChI=1S/C15H26N4O2/c1-11(2)9-12(13(20)21)10-19-14(16-17-18-19)15(3)7-5-4-6-8-15/h11-12H,4-10H2,1-3H3,(H,20,21). The number of carboxylic acids is 1. The van der Waals surface area contributed by atoms with Crippen LogP contribution in [-0.4, -0.2) is 31.3 Å². The highest BCUT2D eigenvalue weighted by atomic mass is 16.4. The van der Waals surface area contributed by atoms with Crippen LogP contribution in [0.4, 0.5) is 0 Å². The zero-order valence-electron chi connectivity index (χ0n) is 13.2. The lowest BCUT2D eigenvalue weighted by atomic mass is 9.75. The molecule has 1 atom stereocenters. The lowest BCUT2D eigenvalue weighted by Gasteiger charge is -2.32. The van der Waals surface area contributed by atoms with E-state index in [9.17, 15) is 9.90 Å². The van der Waals surface area contributed by atoms with Gasteiger partial charge in [-0.2, -0.15) is 0 Å². The number of hydrogen-bond acceptors (Lipinski definition) is 4. The van der Waals surface area contributed by atoms with Crippen molar-refractivity contribution in [2.45, 2.75) is 71.3 Å². The molecule has 6 nitrogen and oxygen atoms in total. The van der Waals surface area contributed by atoms with Crippen molar-refractivity contribution in [2.75, 3.05) is 0 Å². The molecular formula is C15H26N4O2. The summed E-state index contributed by atoms with van der Waals surface area (Å²) in [6.07, 6.45) is 6.45. The maximum atomic E-state index is 11.4. The first-order valence-corrected chi connectivity index (χ1v) is 7.92. The maximum Gasteiger partial charge on any atom is 0.308 e. The second-order valence-electron chi connectivity index (χ2n) is 6.97. The van der Waals surface area contributed by atoms with Crippen molar-refractivity contribution < 1.29 is 9.90 Å². The van der Waals surface area contributed by atoms with Crippen molar-refractivity contribution in [1.82, 2.24) is 20.2 Å². The van der Waals surface area contributed by atoms with Gasteiger partial charge in [0.05, 0.1) is 12.5 Å². The van der Waals surface area contributed by atoms with Gasteiger partial charge in [0, 0.05) is 5.41 Å². The van der Waals surface area contributed by atoms with Crippen LogP contribution in [0.2, 0.25) is 0 Å². The summed E-state index contributed by atoms with van der Waals surface area (Å²) < 4.78 is 1.73. The number of carbonyl (C=O) groups is 1. The van der Waals surface area contributed by atoms with Crippen LogP contribution < -0.4 is 0 Å². The molecule has 1 saturated carbocycles. The summed E-state index contributed by atoms with van der Waals surface area (Å²) in [6, 6.07) is 0. The Hall–Kier alpha value is -1.46. The molecule has 0 amide bonds.